The van der Waals surface area contributed by atoms with Gasteiger partial charge in [-0.2, -0.15) is 0 Å². The number of halogens is 1. The van der Waals surface area contributed by atoms with Gasteiger partial charge in [-0.15, -0.1) is 0 Å². The Morgan fingerprint density at radius 3 is 2.32 bits per heavy atom. The summed E-state index contributed by atoms with van der Waals surface area (Å²) in [6.45, 7) is 5.11. The van der Waals surface area contributed by atoms with Gasteiger partial charge in [-0.3, -0.25) is 4.79 Å². The van der Waals surface area contributed by atoms with Gasteiger partial charge in [0.1, 0.15) is 5.75 Å². The molecule has 1 N–H and O–H groups in total. The minimum atomic E-state index is -0.615. The Hall–Kier alpha value is -2.53. The highest BCUT2D eigenvalue weighted by atomic mass is 35.5. The van der Waals surface area contributed by atoms with E-state index in [9.17, 15) is 9.59 Å². The molecule has 0 fully saturated rings. The summed E-state index contributed by atoms with van der Waals surface area (Å²) < 4.78 is 10.3. The Morgan fingerprint density at radius 2 is 1.68 bits per heavy atom. The molecule has 0 heterocycles. The lowest BCUT2D eigenvalue weighted by Gasteiger charge is -2.09. The average molecular weight is 362 g/mol. The van der Waals surface area contributed by atoms with Crippen LogP contribution >= 0.6 is 11.6 Å². The van der Waals surface area contributed by atoms with Gasteiger partial charge in [0.25, 0.3) is 5.91 Å². The van der Waals surface area contributed by atoms with Gasteiger partial charge in [-0.1, -0.05) is 23.7 Å². The molecule has 6 heteroatoms. The van der Waals surface area contributed by atoms with Crippen LogP contribution in [0.2, 0.25) is 5.02 Å². The molecule has 0 aliphatic heterocycles. The van der Waals surface area contributed by atoms with Crippen LogP contribution < -0.4 is 10.1 Å². The minimum Gasteiger partial charge on any atom is -0.482 e. The number of aryl methyl sites for hydroxylation is 3. The topological polar surface area (TPSA) is 64.6 Å². The van der Waals surface area contributed by atoms with Crippen molar-refractivity contribution in [3.63, 3.8) is 0 Å². The second kappa shape index (κ2) is 8.53. The first-order valence-corrected chi connectivity index (χ1v) is 8.14. The molecule has 0 aromatic heterocycles. The second-order valence-corrected chi connectivity index (χ2v) is 6.19. The first-order valence-electron chi connectivity index (χ1n) is 7.76. The lowest BCUT2D eigenvalue weighted by Crippen LogP contribution is -2.23. The average Bonchev–Trinajstić information content (AvgIpc) is 2.53. The zero-order valence-corrected chi connectivity index (χ0v) is 15.1. The molecule has 2 aromatic rings. The number of carbonyl (C=O) groups excluding carboxylic acids is 2. The van der Waals surface area contributed by atoms with Crippen LogP contribution in [0.15, 0.2) is 36.4 Å². The van der Waals surface area contributed by atoms with Gasteiger partial charge in [0.2, 0.25) is 0 Å². The summed E-state index contributed by atoms with van der Waals surface area (Å²) in [7, 11) is 0. The van der Waals surface area contributed by atoms with Crippen LogP contribution in [0.1, 0.15) is 16.7 Å². The summed E-state index contributed by atoms with van der Waals surface area (Å²) in [6.07, 6.45) is 0. The standard InChI is InChI=1S/C19H20ClNO4/c1-12-6-13(2)8-16(7-12)24-11-19(23)25-10-18(22)21-15-5-4-14(3)17(20)9-15/h4-9H,10-11H2,1-3H3,(H,21,22). The summed E-state index contributed by atoms with van der Waals surface area (Å²) >= 11 is 5.99. The van der Waals surface area contributed by atoms with Crippen LogP contribution in [0.25, 0.3) is 0 Å². The van der Waals surface area contributed by atoms with Crippen LogP contribution in [0, 0.1) is 20.8 Å². The number of benzene rings is 2. The van der Waals surface area contributed by atoms with E-state index in [0.29, 0.717) is 16.5 Å². The molecule has 2 rings (SSSR count). The third kappa shape index (κ3) is 6.12. The van der Waals surface area contributed by atoms with Crippen molar-refractivity contribution < 1.29 is 19.1 Å². The fourth-order valence-electron chi connectivity index (χ4n) is 2.21. The van der Waals surface area contributed by atoms with Crippen molar-refractivity contribution in [2.24, 2.45) is 0 Å². The summed E-state index contributed by atoms with van der Waals surface area (Å²) in [6, 6.07) is 10.8. The number of nitrogens with one attached hydrogen (secondary N) is 1. The maximum atomic E-state index is 11.8. The first-order chi connectivity index (χ1) is 11.8. The highest BCUT2D eigenvalue weighted by Crippen LogP contribution is 2.20. The van der Waals surface area contributed by atoms with Gasteiger partial charge in [0, 0.05) is 10.7 Å². The predicted molar refractivity (Wildman–Crippen MR) is 97.2 cm³/mol. The van der Waals surface area contributed by atoms with E-state index in [2.05, 4.69) is 5.32 Å². The quantitative estimate of drug-likeness (QED) is 0.794. The maximum absolute atomic E-state index is 11.8. The number of rotatable bonds is 6. The van der Waals surface area contributed by atoms with Gasteiger partial charge in [-0.05, 0) is 61.7 Å². The molecule has 0 spiro atoms. The highest BCUT2D eigenvalue weighted by molar-refractivity contribution is 6.31. The molecular weight excluding hydrogens is 342 g/mol. The van der Waals surface area contributed by atoms with Gasteiger partial charge in [-0.25, -0.2) is 4.79 Å². The van der Waals surface area contributed by atoms with Crippen molar-refractivity contribution in [2.75, 3.05) is 18.5 Å². The molecule has 1 amide bonds. The zero-order chi connectivity index (χ0) is 18.4. The first kappa shape index (κ1) is 18.8. The molecule has 25 heavy (non-hydrogen) atoms. The van der Waals surface area contributed by atoms with Crippen LogP contribution in [0.4, 0.5) is 5.69 Å². The fraction of sp³-hybridized carbons (Fsp3) is 0.263. The Bertz CT molecular complexity index is 769. The molecular formula is C19H20ClNO4. The van der Waals surface area contributed by atoms with Crippen molar-refractivity contribution in [1.82, 2.24) is 0 Å². The molecule has 0 atom stereocenters. The molecule has 132 valence electrons. The number of carbonyl (C=O) groups is 2. The predicted octanol–water partition coefficient (Wildman–Crippen LogP) is 3.83. The fourth-order valence-corrected chi connectivity index (χ4v) is 2.39. The number of hydrogen-bond acceptors (Lipinski definition) is 4. The molecule has 0 bridgehead atoms. The van der Waals surface area contributed by atoms with Crippen molar-refractivity contribution in [2.45, 2.75) is 20.8 Å². The van der Waals surface area contributed by atoms with E-state index in [1.54, 1.807) is 18.2 Å². The van der Waals surface area contributed by atoms with E-state index >= 15 is 0 Å². The Kier molecular flexibility index (Phi) is 6.42. The molecule has 0 saturated carbocycles. The van der Waals surface area contributed by atoms with Gasteiger partial charge in [0.15, 0.2) is 13.2 Å². The van der Waals surface area contributed by atoms with Crippen LogP contribution in [0.5, 0.6) is 5.75 Å². The van der Waals surface area contributed by atoms with Crippen molar-refractivity contribution >= 4 is 29.2 Å². The smallest absolute Gasteiger partial charge is 0.344 e. The lowest BCUT2D eigenvalue weighted by atomic mass is 10.1. The largest absolute Gasteiger partial charge is 0.482 e. The van der Waals surface area contributed by atoms with Crippen LogP contribution in [0.3, 0.4) is 0 Å². The van der Waals surface area contributed by atoms with Crippen molar-refractivity contribution in [1.29, 1.82) is 0 Å². The Balaban J connectivity index is 1.77. The summed E-state index contributed by atoms with van der Waals surface area (Å²) in [5.74, 6) is -0.468. The maximum Gasteiger partial charge on any atom is 0.344 e. The van der Waals surface area contributed by atoms with Gasteiger partial charge in [0.05, 0.1) is 0 Å². The molecule has 0 aliphatic rings. The zero-order valence-electron chi connectivity index (χ0n) is 14.4. The third-order valence-electron chi connectivity index (χ3n) is 3.37. The van der Waals surface area contributed by atoms with E-state index in [0.717, 1.165) is 16.7 Å². The normalized spacial score (nSPS) is 10.2. The van der Waals surface area contributed by atoms with E-state index in [4.69, 9.17) is 21.1 Å². The van der Waals surface area contributed by atoms with E-state index in [-0.39, 0.29) is 13.2 Å². The molecule has 5 nitrogen and oxygen atoms in total. The number of anilines is 1. The molecule has 0 unspecified atom stereocenters. The van der Waals surface area contributed by atoms with E-state index in [1.165, 1.54) is 0 Å². The molecule has 0 aliphatic carbocycles. The molecule has 2 aromatic carbocycles. The molecule has 0 radical (unpaired) electrons. The number of esters is 1. The summed E-state index contributed by atoms with van der Waals surface area (Å²) in [5, 5.41) is 3.17. The number of ether oxygens (including phenoxy) is 2. The number of hydrogen-bond donors (Lipinski definition) is 1. The number of amides is 1. The summed E-state index contributed by atoms with van der Waals surface area (Å²) in [4.78, 5) is 23.5. The van der Waals surface area contributed by atoms with Crippen LogP contribution in [-0.2, 0) is 14.3 Å². The minimum absolute atomic E-state index is 0.257. The van der Waals surface area contributed by atoms with Gasteiger partial charge < -0.3 is 14.8 Å². The third-order valence-corrected chi connectivity index (χ3v) is 3.78. The van der Waals surface area contributed by atoms with E-state index < -0.39 is 11.9 Å². The Morgan fingerprint density at radius 1 is 1.00 bits per heavy atom. The lowest BCUT2D eigenvalue weighted by molar-refractivity contribution is -0.149. The summed E-state index contributed by atoms with van der Waals surface area (Å²) in [5.41, 5.74) is 3.54. The second-order valence-electron chi connectivity index (χ2n) is 5.78. The van der Waals surface area contributed by atoms with Crippen molar-refractivity contribution in [3.05, 3.63) is 58.1 Å². The van der Waals surface area contributed by atoms with E-state index in [1.807, 2.05) is 39.0 Å². The van der Waals surface area contributed by atoms with Crippen molar-refractivity contribution in [3.8, 4) is 5.75 Å². The monoisotopic (exact) mass is 361 g/mol. The highest BCUT2D eigenvalue weighted by Gasteiger charge is 2.10. The van der Waals surface area contributed by atoms with Gasteiger partial charge >= 0.3 is 5.97 Å². The SMILES string of the molecule is Cc1cc(C)cc(OCC(=O)OCC(=O)Nc2ccc(C)c(Cl)c2)c1. The molecule has 0 saturated heterocycles. The van der Waals surface area contributed by atoms with Crippen LogP contribution in [-0.4, -0.2) is 25.1 Å². The Labute approximate surface area is 151 Å².